The van der Waals surface area contributed by atoms with E-state index in [-0.39, 0.29) is 22.5 Å². The van der Waals surface area contributed by atoms with Gasteiger partial charge in [-0.2, -0.15) is 10.5 Å². The summed E-state index contributed by atoms with van der Waals surface area (Å²) in [6.07, 6.45) is 0. The average molecular weight is 372 g/mol. The second-order valence-electron chi connectivity index (χ2n) is 5.86. The third kappa shape index (κ3) is 3.50. The number of nitrogens with zero attached hydrogens (tertiary/aromatic N) is 2. The van der Waals surface area contributed by atoms with Crippen LogP contribution >= 0.6 is 0 Å². The van der Waals surface area contributed by atoms with E-state index in [2.05, 4.69) is 4.98 Å². The summed E-state index contributed by atoms with van der Waals surface area (Å²) in [6, 6.07) is 18.3. The van der Waals surface area contributed by atoms with E-state index in [0.717, 1.165) is 5.56 Å². The fourth-order valence-corrected chi connectivity index (χ4v) is 2.81. The van der Waals surface area contributed by atoms with Crippen molar-refractivity contribution in [1.29, 1.82) is 10.5 Å². The van der Waals surface area contributed by atoms with Gasteiger partial charge in [0.2, 0.25) is 0 Å². The lowest BCUT2D eigenvalue weighted by molar-refractivity contribution is 0.284. The van der Waals surface area contributed by atoms with Crippen LogP contribution in [0.5, 0.6) is 11.5 Å². The van der Waals surface area contributed by atoms with Gasteiger partial charge >= 0.3 is 0 Å². The highest BCUT2D eigenvalue weighted by molar-refractivity contribution is 5.81. The number of methoxy groups -OCH3 is 1. The van der Waals surface area contributed by atoms with Crippen LogP contribution in [-0.2, 0) is 6.61 Å². The van der Waals surface area contributed by atoms with Gasteiger partial charge in [-0.15, -0.1) is 0 Å². The van der Waals surface area contributed by atoms with E-state index < -0.39 is 5.56 Å². The van der Waals surface area contributed by atoms with Crippen LogP contribution in [0.3, 0.4) is 0 Å². The molecule has 28 heavy (non-hydrogen) atoms. The zero-order chi connectivity index (χ0) is 20.1. The summed E-state index contributed by atoms with van der Waals surface area (Å²) in [6.45, 7) is 0.300. The minimum atomic E-state index is -0.656. The normalized spacial score (nSPS) is 9.96. The molecule has 7 nitrogen and oxygen atoms in total. The summed E-state index contributed by atoms with van der Waals surface area (Å²) in [5.41, 5.74) is 6.54. The lowest BCUT2D eigenvalue weighted by Gasteiger charge is -2.14. The number of pyridine rings is 1. The van der Waals surface area contributed by atoms with Gasteiger partial charge in [0.1, 0.15) is 35.7 Å². The number of anilines is 1. The fraction of sp³-hybridized carbons (Fsp3) is 0.0952. The number of ether oxygens (including phenoxy) is 2. The predicted octanol–water partition coefficient (Wildman–Crippen LogP) is 2.96. The number of hydrogen-bond donors (Lipinski definition) is 2. The van der Waals surface area contributed by atoms with Crippen molar-refractivity contribution in [2.45, 2.75) is 6.61 Å². The SMILES string of the molecule is COc1ccc(-c2c(C#N)c(N)[nH]c(=O)c2C#N)cc1OCc1ccccc1. The van der Waals surface area contributed by atoms with Crippen LogP contribution in [0.25, 0.3) is 11.1 Å². The highest BCUT2D eigenvalue weighted by Crippen LogP contribution is 2.36. The van der Waals surface area contributed by atoms with E-state index in [9.17, 15) is 15.3 Å². The van der Waals surface area contributed by atoms with Crippen molar-refractivity contribution in [3.63, 3.8) is 0 Å². The van der Waals surface area contributed by atoms with E-state index in [1.807, 2.05) is 42.5 Å². The third-order valence-electron chi connectivity index (χ3n) is 4.16. The molecule has 0 saturated carbocycles. The molecule has 1 heterocycles. The molecule has 3 rings (SSSR count). The van der Waals surface area contributed by atoms with E-state index >= 15 is 0 Å². The topological polar surface area (TPSA) is 125 Å². The second kappa shape index (κ2) is 7.98. The number of nitrogen functional groups attached to an aromatic ring is 1. The smallest absolute Gasteiger partial charge is 0.268 e. The highest BCUT2D eigenvalue weighted by Gasteiger charge is 2.19. The minimum Gasteiger partial charge on any atom is -0.493 e. The average Bonchev–Trinajstić information content (AvgIpc) is 2.72. The molecule has 0 aliphatic rings. The molecule has 0 radical (unpaired) electrons. The molecule has 3 N–H and O–H groups in total. The molecular weight excluding hydrogens is 356 g/mol. The van der Waals surface area contributed by atoms with Crippen LogP contribution in [0.15, 0.2) is 53.3 Å². The Kier molecular flexibility index (Phi) is 5.29. The number of aromatic nitrogens is 1. The van der Waals surface area contributed by atoms with Gasteiger partial charge < -0.3 is 20.2 Å². The molecule has 0 bridgehead atoms. The first-order valence-electron chi connectivity index (χ1n) is 8.30. The van der Waals surface area contributed by atoms with E-state index in [1.165, 1.54) is 7.11 Å². The Morgan fingerprint density at radius 3 is 2.39 bits per heavy atom. The molecule has 1 aromatic heterocycles. The van der Waals surface area contributed by atoms with Crippen molar-refractivity contribution >= 4 is 5.82 Å². The van der Waals surface area contributed by atoms with Crippen LogP contribution < -0.4 is 20.8 Å². The Balaban J connectivity index is 2.11. The van der Waals surface area contributed by atoms with Crippen molar-refractivity contribution in [3.8, 4) is 34.8 Å². The summed E-state index contributed by atoms with van der Waals surface area (Å²) in [5, 5.41) is 18.9. The Labute approximate surface area is 161 Å². The van der Waals surface area contributed by atoms with Gasteiger partial charge in [-0.3, -0.25) is 4.79 Å². The van der Waals surface area contributed by atoms with Crippen molar-refractivity contribution in [2.24, 2.45) is 0 Å². The van der Waals surface area contributed by atoms with Crippen molar-refractivity contribution in [2.75, 3.05) is 12.8 Å². The van der Waals surface area contributed by atoms with Gasteiger partial charge in [0.15, 0.2) is 11.5 Å². The summed E-state index contributed by atoms with van der Waals surface area (Å²) >= 11 is 0. The number of H-pyrrole nitrogens is 1. The number of nitriles is 2. The molecule has 0 unspecified atom stereocenters. The van der Waals surface area contributed by atoms with Crippen LogP contribution in [0.1, 0.15) is 16.7 Å². The summed E-state index contributed by atoms with van der Waals surface area (Å²) in [4.78, 5) is 14.5. The molecular formula is C21H16N4O3. The van der Waals surface area contributed by atoms with E-state index in [1.54, 1.807) is 18.2 Å². The lowest BCUT2D eigenvalue weighted by Crippen LogP contribution is -2.16. The van der Waals surface area contributed by atoms with Gasteiger partial charge in [0, 0.05) is 5.56 Å². The highest BCUT2D eigenvalue weighted by atomic mass is 16.5. The van der Waals surface area contributed by atoms with Gasteiger partial charge in [-0.25, -0.2) is 0 Å². The monoisotopic (exact) mass is 372 g/mol. The van der Waals surface area contributed by atoms with E-state index in [0.29, 0.717) is 23.7 Å². The van der Waals surface area contributed by atoms with Crippen molar-refractivity contribution in [1.82, 2.24) is 4.98 Å². The van der Waals surface area contributed by atoms with Crippen LogP contribution in [0.4, 0.5) is 5.82 Å². The van der Waals surface area contributed by atoms with Crippen LogP contribution in [0, 0.1) is 22.7 Å². The third-order valence-corrected chi connectivity index (χ3v) is 4.16. The van der Waals surface area contributed by atoms with Crippen molar-refractivity contribution < 1.29 is 9.47 Å². The Bertz CT molecular complexity index is 1160. The molecule has 0 aliphatic heterocycles. The lowest BCUT2D eigenvalue weighted by atomic mass is 9.96. The van der Waals surface area contributed by atoms with Gasteiger partial charge in [0.25, 0.3) is 5.56 Å². The first-order chi connectivity index (χ1) is 13.6. The quantitative estimate of drug-likeness (QED) is 0.709. The Morgan fingerprint density at radius 2 is 1.75 bits per heavy atom. The molecule has 0 aliphatic carbocycles. The van der Waals surface area contributed by atoms with Gasteiger partial charge in [-0.05, 0) is 23.3 Å². The largest absolute Gasteiger partial charge is 0.493 e. The zero-order valence-corrected chi connectivity index (χ0v) is 15.0. The molecule has 0 spiro atoms. The molecule has 0 atom stereocenters. The predicted molar refractivity (Wildman–Crippen MR) is 104 cm³/mol. The standard InChI is InChI=1S/C21H16N4O3/c1-27-17-8-7-14(9-18(17)28-12-13-5-3-2-4-6-13)19-15(10-22)20(24)25-21(26)16(19)11-23/h2-9H,12H2,1H3,(H3,24,25,26). The summed E-state index contributed by atoms with van der Waals surface area (Å²) in [5.74, 6) is 0.800. The first-order valence-corrected chi connectivity index (χ1v) is 8.30. The zero-order valence-electron chi connectivity index (χ0n) is 15.0. The molecule has 7 heteroatoms. The minimum absolute atomic E-state index is 0.0235. The second-order valence-corrected chi connectivity index (χ2v) is 5.86. The van der Waals surface area contributed by atoms with Gasteiger partial charge in [-0.1, -0.05) is 36.4 Å². The molecule has 0 amide bonds. The van der Waals surface area contributed by atoms with E-state index in [4.69, 9.17) is 15.2 Å². The molecule has 3 aromatic rings. The maximum Gasteiger partial charge on any atom is 0.268 e. The van der Waals surface area contributed by atoms with Crippen molar-refractivity contribution in [3.05, 3.63) is 75.6 Å². The fourth-order valence-electron chi connectivity index (χ4n) is 2.81. The summed E-state index contributed by atoms with van der Waals surface area (Å²) in [7, 11) is 1.51. The molecule has 138 valence electrons. The maximum absolute atomic E-state index is 12.1. The Hall–Kier alpha value is -4.23. The maximum atomic E-state index is 12.1. The number of aromatic amines is 1. The summed E-state index contributed by atoms with van der Waals surface area (Å²) < 4.78 is 11.2. The van der Waals surface area contributed by atoms with Crippen LogP contribution in [0.2, 0.25) is 0 Å². The molecule has 0 fully saturated rings. The number of hydrogen-bond acceptors (Lipinski definition) is 6. The first kappa shape index (κ1) is 18.6. The number of nitrogens with one attached hydrogen (secondary N) is 1. The van der Waals surface area contributed by atoms with Crippen LogP contribution in [-0.4, -0.2) is 12.1 Å². The number of nitrogens with two attached hydrogens (primary N) is 1. The molecule has 2 aromatic carbocycles. The number of rotatable bonds is 5. The molecule has 0 saturated heterocycles. The number of benzene rings is 2. The Morgan fingerprint density at radius 1 is 1.04 bits per heavy atom. The van der Waals surface area contributed by atoms with Gasteiger partial charge in [0.05, 0.1) is 7.11 Å².